The van der Waals surface area contributed by atoms with Gasteiger partial charge >= 0.3 is 5.97 Å². The van der Waals surface area contributed by atoms with E-state index in [0.29, 0.717) is 5.01 Å². The van der Waals surface area contributed by atoms with E-state index in [1.54, 1.807) is 11.6 Å². The number of hydrogen-bond acceptors (Lipinski definition) is 5. The van der Waals surface area contributed by atoms with E-state index >= 15 is 0 Å². The average molecular weight is 333 g/mol. The fourth-order valence-corrected chi connectivity index (χ4v) is 3.58. The number of hydrogen-bond donors (Lipinski definition) is 2. The summed E-state index contributed by atoms with van der Waals surface area (Å²) in [6.07, 6.45) is 1.56. The van der Waals surface area contributed by atoms with Gasteiger partial charge < -0.3 is 5.11 Å². The van der Waals surface area contributed by atoms with Crippen molar-refractivity contribution in [2.45, 2.75) is 11.4 Å². The highest BCUT2D eigenvalue weighted by molar-refractivity contribution is 7.89. The Balaban J connectivity index is 2.28. The summed E-state index contributed by atoms with van der Waals surface area (Å²) in [6, 6.07) is 3.50. The van der Waals surface area contributed by atoms with Crippen molar-refractivity contribution in [3.63, 3.8) is 0 Å². The van der Waals surface area contributed by atoms with Gasteiger partial charge in [-0.1, -0.05) is 11.6 Å². The van der Waals surface area contributed by atoms with Gasteiger partial charge in [0.2, 0.25) is 10.0 Å². The SMILES string of the molecule is O=C(O)c1ccc(Cl)c(S(=O)(=O)NCc2nccs2)c1. The highest BCUT2D eigenvalue weighted by atomic mass is 35.5. The second-order valence-corrected chi connectivity index (χ2v) is 6.82. The third-order valence-electron chi connectivity index (χ3n) is 2.36. The van der Waals surface area contributed by atoms with Crippen LogP contribution in [-0.2, 0) is 16.6 Å². The highest BCUT2D eigenvalue weighted by Crippen LogP contribution is 2.23. The van der Waals surface area contributed by atoms with Crippen molar-refractivity contribution in [1.29, 1.82) is 0 Å². The number of halogens is 1. The number of rotatable bonds is 5. The number of thiazole rings is 1. The molecule has 0 aliphatic carbocycles. The van der Waals surface area contributed by atoms with Gasteiger partial charge in [-0.05, 0) is 18.2 Å². The van der Waals surface area contributed by atoms with E-state index in [2.05, 4.69) is 9.71 Å². The molecule has 0 bridgehead atoms. The molecule has 0 aliphatic heterocycles. The predicted molar refractivity (Wildman–Crippen MR) is 74.6 cm³/mol. The molecule has 0 amide bonds. The maximum Gasteiger partial charge on any atom is 0.335 e. The van der Waals surface area contributed by atoms with Gasteiger partial charge in [-0.15, -0.1) is 11.3 Å². The first-order valence-electron chi connectivity index (χ1n) is 5.31. The molecule has 9 heteroatoms. The van der Waals surface area contributed by atoms with Crippen LogP contribution < -0.4 is 4.72 Å². The van der Waals surface area contributed by atoms with Crippen molar-refractivity contribution in [2.75, 3.05) is 0 Å². The molecule has 1 heterocycles. The quantitative estimate of drug-likeness (QED) is 0.872. The second kappa shape index (κ2) is 5.88. The van der Waals surface area contributed by atoms with Crippen LogP contribution >= 0.6 is 22.9 Å². The zero-order chi connectivity index (χ0) is 14.8. The van der Waals surface area contributed by atoms with Crippen LogP contribution in [0.3, 0.4) is 0 Å². The Hall–Kier alpha value is -1.48. The average Bonchev–Trinajstić information content (AvgIpc) is 2.89. The van der Waals surface area contributed by atoms with Crippen LogP contribution in [0.2, 0.25) is 5.02 Å². The van der Waals surface area contributed by atoms with Gasteiger partial charge in [0.1, 0.15) is 9.90 Å². The minimum atomic E-state index is -3.90. The lowest BCUT2D eigenvalue weighted by Crippen LogP contribution is -2.23. The fourth-order valence-electron chi connectivity index (χ4n) is 1.42. The van der Waals surface area contributed by atoms with Gasteiger partial charge in [0, 0.05) is 11.6 Å². The van der Waals surface area contributed by atoms with Gasteiger partial charge in [0.15, 0.2) is 0 Å². The van der Waals surface area contributed by atoms with E-state index in [-0.39, 0.29) is 22.0 Å². The number of carbonyl (C=O) groups is 1. The van der Waals surface area contributed by atoms with Gasteiger partial charge in [-0.3, -0.25) is 0 Å². The Morgan fingerprint density at radius 3 is 2.80 bits per heavy atom. The molecule has 20 heavy (non-hydrogen) atoms. The molecule has 106 valence electrons. The number of nitrogens with one attached hydrogen (secondary N) is 1. The summed E-state index contributed by atoms with van der Waals surface area (Å²) >= 11 is 7.13. The Labute approximate surface area is 124 Å². The third-order valence-corrected chi connectivity index (χ3v) is 5.03. The van der Waals surface area contributed by atoms with Crippen molar-refractivity contribution in [1.82, 2.24) is 9.71 Å². The fraction of sp³-hybridized carbons (Fsp3) is 0.0909. The second-order valence-electron chi connectivity index (χ2n) is 3.70. The summed E-state index contributed by atoms with van der Waals surface area (Å²) in [4.78, 5) is 14.5. The molecule has 2 aromatic rings. The molecule has 0 spiro atoms. The minimum absolute atomic E-state index is 0.0215. The number of nitrogens with zero attached hydrogens (tertiary/aromatic N) is 1. The smallest absolute Gasteiger partial charge is 0.335 e. The molecular weight excluding hydrogens is 324 g/mol. The van der Waals surface area contributed by atoms with Gasteiger partial charge in [0.25, 0.3) is 0 Å². The van der Waals surface area contributed by atoms with E-state index in [4.69, 9.17) is 16.7 Å². The van der Waals surface area contributed by atoms with E-state index in [9.17, 15) is 13.2 Å². The Morgan fingerprint density at radius 2 is 2.20 bits per heavy atom. The van der Waals surface area contributed by atoms with Gasteiger partial charge in [0.05, 0.1) is 17.1 Å². The number of carboxylic acids is 1. The lowest BCUT2D eigenvalue weighted by molar-refractivity contribution is 0.0696. The van der Waals surface area contributed by atoms with Crippen LogP contribution in [-0.4, -0.2) is 24.5 Å². The number of aromatic carboxylic acids is 1. The number of aromatic nitrogens is 1. The summed E-state index contributed by atoms with van der Waals surface area (Å²) in [7, 11) is -3.90. The molecule has 1 aromatic heterocycles. The number of sulfonamides is 1. The molecule has 2 rings (SSSR count). The van der Waals surface area contributed by atoms with Crippen LogP contribution in [0.15, 0.2) is 34.7 Å². The van der Waals surface area contributed by atoms with Crippen molar-refractivity contribution < 1.29 is 18.3 Å². The summed E-state index contributed by atoms with van der Waals surface area (Å²) in [5.74, 6) is -1.22. The van der Waals surface area contributed by atoms with Crippen molar-refractivity contribution >= 4 is 38.9 Å². The van der Waals surface area contributed by atoms with Crippen LogP contribution in [0.5, 0.6) is 0 Å². The molecule has 0 aliphatic rings. The molecule has 0 saturated carbocycles. The minimum Gasteiger partial charge on any atom is -0.478 e. The van der Waals surface area contributed by atoms with Gasteiger partial charge in [-0.25, -0.2) is 22.9 Å². The van der Waals surface area contributed by atoms with Crippen molar-refractivity contribution in [3.05, 3.63) is 45.4 Å². The van der Waals surface area contributed by atoms with Crippen molar-refractivity contribution in [2.24, 2.45) is 0 Å². The predicted octanol–water partition coefficient (Wildman–Crippen LogP) is 1.97. The summed E-state index contributed by atoms with van der Waals surface area (Å²) in [5, 5.41) is 11.2. The highest BCUT2D eigenvalue weighted by Gasteiger charge is 2.20. The van der Waals surface area contributed by atoms with Crippen LogP contribution in [0.25, 0.3) is 0 Å². The first-order chi connectivity index (χ1) is 9.40. The van der Waals surface area contributed by atoms with Gasteiger partial charge in [-0.2, -0.15) is 0 Å². The lowest BCUT2D eigenvalue weighted by Gasteiger charge is -2.08. The Kier molecular flexibility index (Phi) is 4.39. The normalized spacial score (nSPS) is 11.4. The molecular formula is C11H9ClN2O4S2. The molecule has 0 fully saturated rings. The zero-order valence-electron chi connectivity index (χ0n) is 9.91. The Morgan fingerprint density at radius 1 is 1.45 bits per heavy atom. The molecule has 6 nitrogen and oxygen atoms in total. The third kappa shape index (κ3) is 3.34. The summed E-state index contributed by atoms with van der Waals surface area (Å²) in [6.45, 7) is 0.0215. The van der Waals surface area contributed by atoms with E-state index < -0.39 is 16.0 Å². The van der Waals surface area contributed by atoms with E-state index in [1.807, 2.05) is 0 Å². The molecule has 0 radical (unpaired) electrons. The van der Waals surface area contributed by atoms with Crippen LogP contribution in [0.4, 0.5) is 0 Å². The van der Waals surface area contributed by atoms with Crippen molar-refractivity contribution in [3.8, 4) is 0 Å². The topological polar surface area (TPSA) is 96.4 Å². The first-order valence-corrected chi connectivity index (χ1v) is 8.05. The molecule has 2 N–H and O–H groups in total. The first kappa shape index (κ1) is 14.9. The largest absolute Gasteiger partial charge is 0.478 e. The number of carboxylic acid groups (broad SMARTS) is 1. The number of benzene rings is 1. The lowest BCUT2D eigenvalue weighted by atomic mass is 10.2. The van der Waals surface area contributed by atoms with E-state index in [0.717, 1.165) is 6.07 Å². The molecule has 1 aromatic carbocycles. The monoisotopic (exact) mass is 332 g/mol. The molecule has 0 saturated heterocycles. The summed E-state index contributed by atoms with van der Waals surface area (Å²) in [5.41, 5.74) is -0.149. The van der Waals surface area contributed by atoms with Crippen LogP contribution in [0, 0.1) is 0 Å². The summed E-state index contributed by atoms with van der Waals surface area (Å²) < 4.78 is 26.6. The maximum absolute atomic E-state index is 12.1. The molecule has 0 unspecified atom stereocenters. The Bertz CT molecular complexity index is 729. The zero-order valence-corrected chi connectivity index (χ0v) is 12.3. The molecule has 0 atom stereocenters. The maximum atomic E-state index is 12.1. The van der Waals surface area contributed by atoms with E-state index in [1.165, 1.54) is 23.5 Å². The standard InChI is InChI=1S/C11H9ClN2O4S2/c12-8-2-1-7(11(15)16)5-9(8)20(17,18)14-6-10-13-3-4-19-10/h1-5,14H,6H2,(H,15,16). The van der Waals surface area contributed by atoms with Crippen LogP contribution in [0.1, 0.15) is 15.4 Å².